The number of aromatic nitrogens is 3. The zero-order valence-electron chi connectivity index (χ0n) is 22.1. The minimum absolute atomic E-state index is 0.0497. The zero-order chi connectivity index (χ0) is 30.0. The van der Waals surface area contributed by atoms with Gasteiger partial charge < -0.3 is 14.8 Å². The highest BCUT2D eigenvalue weighted by Gasteiger charge is 2.35. The average molecular weight is 621 g/mol. The van der Waals surface area contributed by atoms with E-state index in [-0.39, 0.29) is 54.1 Å². The first-order valence-electron chi connectivity index (χ1n) is 12.8. The van der Waals surface area contributed by atoms with E-state index in [1.165, 1.54) is 12.1 Å². The standard InChI is InChI=1S/C28H24ClF3N4O5S/c1-2-40-28-18(4-6-22(36-28)20(31)12-30)21-5-3-15-13-33-17(11-23(15)35-21)14-34-27(37)16-9-19(29)26-24(10-16)42(38,39)25(32)7-8-41-26/h3-6,9-11,13,20,25H,2,7-8,12,14H2,1H3,(H,34,37)/t20-,25+/m0/s1. The lowest BCUT2D eigenvalue weighted by atomic mass is 10.1. The predicted octanol–water partition coefficient (Wildman–Crippen LogP) is 5.51. The SMILES string of the molecule is CCOc1nc([C@@H](F)CF)ccc1-c1ccc2cnc(CNC(=O)c3cc(Cl)c4c(c3)S(=O)(=O)[C@@H](F)CCO4)cc2n1. The molecule has 0 radical (unpaired) electrons. The molecule has 4 heterocycles. The summed E-state index contributed by atoms with van der Waals surface area (Å²) >= 11 is 6.19. The molecule has 14 heteroatoms. The molecular weight excluding hydrogens is 597 g/mol. The number of nitrogens with zero attached hydrogens (tertiary/aromatic N) is 3. The third-order valence-electron chi connectivity index (χ3n) is 6.46. The number of hydrogen-bond donors (Lipinski definition) is 1. The molecule has 2 atom stereocenters. The molecule has 1 N–H and O–H groups in total. The van der Waals surface area contributed by atoms with Gasteiger partial charge in [-0.15, -0.1) is 0 Å². The number of carbonyl (C=O) groups excluding carboxylic acids is 1. The number of carbonyl (C=O) groups is 1. The Labute approximate surface area is 244 Å². The van der Waals surface area contributed by atoms with Crippen molar-refractivity contribution in [1.29, 1.82) is 0 Å². The number of amides is 1. The number of fused-ring (bicyclic) bond motifs is 2. The van der Waals surface area contributed by atoms with Crippen LogP contribution in [0, 0.1) is 0 Å². The number of alkyl halides is 3. The van der Waals surface area contributed by atoms with Crippen LogP contribution >= 0.6 is 11.6 Å². The minimum atomic E-state index is -4.39. The van der Waals surface area contributed by atoms with Gasteiger partial charge in [-0.25, -0.2) is 31.6 Å². The highest BCUT2D eigenvalue weighted by molar-refractivity contribution is 7.92. The van der Waals surface area contributed by atoms with E-state index in [0.29, 0.717) is 27.9 Å². The van der Waals surface area contributed by atoms with Crippen LogP contribution < -0.4 is 14.8 Å². The van der Waals surface area contributed by atoms with Gasteiger partial charge in [0.05, 0.1) is 52.9 Å². The van der Waals surface area contributed by atoms with Crippen LogP contribution in [0.3, 0.4) is 0 Å². The van der Waals surface area contributed by atoms with Crippen molar-refractivity contribution in [3.8, 4) is 22.9 Å². The molecule has 4 aromatic rings. The summed E-state index contributed by atoms with van der Waals surface area (Å²) in [5, 5.41) is 3.22. The number of halogens is 4. The Hall–Kier alpha value is -3.97. The second kappa shape index (κ2) is 12.1. The second-order valence-electron chi connectivity index (χ2n) is 9.27. The Balaban J connectivity index is 1.39. The van der Waals surface area contributed by atoms with Gasteiger partial charge in [-0.3, -0.25) is 9.78 Å². The number of pyridine rings is 3. The topological polar surface area (TPSA) is 120 Å². The molecule has 0 unspecified atom stereocenters. The largest absolute Gasteiger partial charge is 0.490 e. The molecule has 1 aliphatic heterocycles. The van der Waals surface area contributed by atoms with Crippen molar-refractivity contribution >= 4 is 38.2 Å². The van der Waals surface area contributed by atoms with E-state index in [1.54, 1.807) is 37.4 Å². The van der Waals surface area contributed by atoms with E-state index in [0.717, 1.165) is 6.07 Å². The molecule has 3 aromatic heterocycles. The van der Waals surface area contributed by atoms with E-state index in [4.69, 9.17) is 21.1 Å². The van der Waals surface area contributed by atoms with Crippen LogP contribution in [0.1, 0.15) is 41.3 Å². The molecule has 0 aliphatic carbocycles. The Kier molecular flexibility index (Phi) is 8.50. The zero-order valence-corrected chi connectivity index (χ0v) is 23.7. The Morgan fingerprint density at radius 2 is 2.02 bits per heavy atom. The Morgan fingerprint density at radius 1 is 1.21 bits per heavy atom. The first kappa shape index (κ1) is 29.5. The molecule has 1 amide bonds. The van der Waals surface area contributed by atoms with E-state index in [9.17, 15) is 26.4 Å². The van der Waals surface area contributed by atoms with E-state index < -0.39 is 39.0 Å². The van der Waals surface area contributed by atoms with Crippen LogP contribution in [0.25, 0.3) is 22.2 Å². The summed E-state index contributed by atoms with van der Waals surface area (Å²) in [6.45, 7) is 0.563. The number of ether oxygens (including phenoxy) is 2. The van der Waals surface area contributed by atoms with Crippen molar-refractivity contribution in [2.75, 3.05) is 19.9 Å². The Morgan fingerprint density at radius 3 is 2.79 bits per heavy atom. The van der Waals surface area contributed by atoms with Crippen LogP contribution in [-0.4, -0.2) is 54.7 Å². The predicted molar refractivity (Wildman–Crippen MR) is 149 cm³/mol. The fourth-order valence-corrected chi connectivity index (χ4v) is 6.06. The third kappa shape index (κ3) is 5.84. The van der Waals surface area contributed by atoms with Gasteiger partial charge >= 0.3 is 0 Å². The van der Waals surface area contributed by atoms with Crippen LogP contribution in [0.15, 0.2) is 53.6 Å². The molecular formula is C28H24ClF3N4O5S. The normalized spacial score (nSPS) is 16.6. The molecule has 0 spiro atoms. The highest BCUT2D eigenvalue weighted by Crippen LogP contribution is 2.38. The summed E-state index contributed by atoms with van der Waals surface area (Å²) in [5.74, 6) is -0.730. The van der Waals surface area contributed by atoms with Crippen molar-refractivity contribution < 1.29 is 35.9 Å². The van der Waals surface area contributed by atoms with Gasteiger partial charge in [-0.1, -0.05) is 11.6 Å². The average Bonchev–Trinajstić information content (AvgIpc) is 3.10. The van der Waals surface area contributed by atoms with Gasteiger partial charge in [-0.2, -0.15) is 0 Å². The molecule has 42 heavy (non-hydrogen) atoms. The molecule has 0 saturated heterocycles. The van der Waals surface area contributed by atoms with Crippen molar-refractivity contribution in [2.24, 2.45) is 0 Å². The summed E-state index contributed by atoms with van der Waals surface area (Å²) in [6, 6.07) is 10.4. The molecule has 220 valence electrons. The van der Waals surface area contributed by atoms with E-state index in [2.05, 4.69) is 20.3 Å². The fraction of sp³-hybridized carbons (Fsp3) is 0.286. The number of hydrogen-bond acceptors (Lipinski definition) is 8. The highest BCUT2D eigenvalue weighted by atomic mass is 35.5. The van der Waals surface area contributed by atoms with E-state index in [1.807, 2.05) is 0 Å². The maximum Gasteiger partial charge on any atom is 0.251 e. The lowest BCUT2D eigenvalue weighted by Crippen LogP contribution is -2.24. The van der Waals surface area contributed by atoms with Crippen molar-refractivity contribution in [2.45, 2.75) is 36.5 Å². The number of benzene rings is 1. The molecule has 5 rings (SSSR count). The molecule has 0 fully saturated rings. The summed E-state index contributed by atoms with van der Waals surface area (Å²) in [4.78, 5) is 25.5. The molecule has 0 bridgehead atoms. The lowest BCUT2D eigenvalue weighted by molar-refractivity contribution is 0.0950. The fourth-order valence-electron chi connectivity index (χ4n) is 4.32. The van der Waals surface area contributed by atoms with Gasteiger partial charge in [0.25, 0.3) is 5.91 Å². The summed E-state index contributed by atoms with van der Waals surface area (Å²) in [6.07, 6.45) is -0.658. The first-order valence-corrected chi connectivity index (χ1v) is 14.8. The van der Waals surface area contributed by atoms with Gasteiger partial charge in [0.1, 0.15) is 11.6 Å². The van der Waals surface area contributed by atoms with Crippen LogP contribution in [0.2, 0.25) is 5.02 Å². The first-order chi connectivity index (χ1) is 20.1. The smallest absolute Gasteiger partial charge is 0.251 e. The van der Waals surface area contributed by atoms with Crippen molar-refractivity contribution in [3.05, 3.63) is 70.6 Å². The van der Waals surface area contributed by atoms with Crippen molar-refractivity contribution in [3.63, 3.8) is 0 Å². The van der Waals surface area contributed by atoms with Gasteiger partial charge in [0.15, 0.2) is 11.9 Å². The van der Waals surface area contributed by atoms with Gasteiger partial charge in [-0.05, 0) is 49.4 Å². The summed E-state index contributed by atoms with van der Waals surface area (Å²) in [5.41, 5.74) is -0.451. The van der Waals surface area contributed by atoms with Crippen LogP contribution in [-0.2, 0) is 16.4 Å². The van der Waals surface area contributed by atoms with Gasteiger partial charge in [0, 0.05) is 23.6 Å². The van der Waals surface area contributed by atoms with Crippen molar-refractivity contribution in [1.82, 2.24) is 20.3 Å². The van der Waals surface area contributed by atoms with Gasteiger partial charge in [0.2, 0.25) is 21.2 Å². The number of rotatable bonds is 8. The van der Waals surface area contributed by atoms with Crippen LogP contribution in [0.4, 0.5) is 13.2 Å². The summed E-state index contributed by atoms with van der Waals surface area (Å²) < 4.78 is 77.0. The number of nitrogens with one attached hydrogen (secondary N) is 1. The molecule has 1 aliphatic rings. The monoisotopic (exact) mass is 620 g/mol. The molecule has 0 saturated carbocycles. The quantitative estimate of drug-likeness (QED) is 0.274. The maximum absolute atomic E-state index is 14.3. The Bertz CT molecular complexity index is 1780. The van der Waals surface area contributed by atoms with Crippen LogP contribution in [0.5, 0.6) is 11.6 Å². The lowest BCUT2D eigenvalue weighted by Gasteiger charge is -2.13. The van der Waals surface area contributed by atoms with E-state index >= 15 is 0 Å². The maximum atomic E-state index is 14.3. The molecule has 9 nitrogen and oxygen atoms in total. The second-order valence-corrected chi connectivity index (χ2v) is 11.7. The number of sulfone groups is 1. The third-order valence-corrected chi connectivity index (χ3v) is 8.57. The summed E-state index contributed by atoms with van der Waals surface area (Å²) in [7, 11) is -4.39. The minimum Gasteiger partial charge on any atom is -0.490 e. The molecule has 1 aromatic carbocycles.